The zero-order chi connectivity index (χ0) is 17.7. The predicted octanol–water partition coefficient (Wildman–Crippen LogP) is 6.56. The first-order valence-corrected chi connectivity index (χ1v) is 9.60. The van der Waals surface area contributed by atoms with Gasteiger partial charge in [0, 0.05) is 10.9 Å². The normalized spacial score (nSPS) is 11.0. The summed E-state index contributed by atoms with van der Waals surface area (Å²) in [6, 6.07) is 10.5. The van der Waals surface area contributed by atoms with Gasteiger partial charge in [-0.2, -0.15) is 0 Å². The highest BCUT2D eigenvalue weighted by atomic mass is 79.9. The second-order valence-electron chi connectivity index (χ2n) is 6.51. The molecule has 2 nitrogen and oxygen atoms in total. The van der Waals surface area contributed by atoms with Crippen molar-refractivity contribution in [1.29, 1.82) is 0 Å². The van der Waals surface area contributed by atoms with Crippen molar-refractivity contribution in [3.8, 4) is 17.2 Å². The molecule has 24 heavy (non-hydrogen) atoms. The van der Waals surface area contributed by atoms with Crippen LogP contribution in [0.2, 0.25) is 0 Å². The standard InChI is InChI=1S/C21H27BrO2/c1-14(2)19-13-18(23-5)8-9-20(19)24-21-15(3)11-17(7-6-10-22)12-16(21)4/h8-9,11-14H,6-7,10H2,1-5H3. The minimum atomic E-state index is 0.369. The van der Waals surface area contributed by atoms with Crippen LogP contribution in [0.25, 0.3) is 0 Å². The molecule has 0 amide bonds. The predicted molar refractivity (Wildman–Crippen MR) is 105 cm³/mol. The van der Waals surface area contributed by atoms with E-state index in [1.807, 2.05) is 12.1 Å². The molecule has 0 saturated heterocycles. The van der Waals surface area contributed by atoms with E-state index in [1.165, 1.54) is 16.7 Å². The molecule has 0 aliphatic rings. The Morgan fingerprint density at radius 1 is 1.04 bits per heavy atom. The number of benzene rings is 2. The van der Waals surface area contributed by atoms with Crippen LogP contribution in [0.5, 0.6) is 17.2 Å². The molecule has 0 fully saturated rings. The van der Waals surface area contributed by atoms with Gasteiger partial charge in [-0.3, -0.25) is 0 Å². The van der Waals surface area contributed by atoms with Gasteiger partial charge in [-0.05, 0) is 67.5 Å². The summed E-state index contributed by atoms with van der Waals surface area (Å²) in [5.41, 5.74) is 4.90. The summed E-state index contributed by atoms with van der Waals surface area (Å²) >= 11 is 3.50. The number of methoxy groups -OCH3 is 1. The van der Waals surface area contributed by atoms with E-state index in [2.05, 4.69) is 61.8 Å². The van der Waals surface area contributed by atoms with Crippen LogP contribution in [0.3, 0.4) is 0 Å². The zero-order valence-corrected chi connectivity index (χ0v) is 16.9. The minimum absolute atomic E-state index is 0.369. The summed E-state index contributed by atoms with van der Waals surface area (Å²) in [5.74, 6) is 3.10. The van der Waals surface area contributed by atoms with Crippen molar-refractivity contribution in [1.82, 2.24) is 0 Å². The first-order valence-electron chi connectivity index (χ1n) is 8.48. The van der Waals surface area contributed by atoms with Crippen LogP contribution in [-0.4, -0.2) is 12.4 Å². The van der Waals surface area contributed by atoms with E-state index in [1.54, 1.807) is 7.11 Å². The molecule has 0 atom stereocenters. The smallest absolute Gasteiger partial charge is 0.133 e. The number of alkyl halides is 1. The number of aryl methyl sites for hydroxylation is 3. The molecule has 0 bridgehead atoms. The second-order valence-corrected chi connectivity index (χ2v) is 7.30. The van der Waals surface area contributed by atoms with Gasteiger partial charge in [0.25, 0.3) is 0 Å². The van der Waals surface area contributed by atoms with Crippen LogP contribution >= 0.6 is 15.9 Å². The lowest BCUT2D eigenvalue weighted by Crippen LogP contribution is -1.99. The van der Waals surface area contributed by atoms with Crippen molar-refractivity contribution < 1.29 is 9.47 Å². The Morgan fingerprint density at radius 3 is 2.25 bits per heavy atom. The molecular formula is C21H27BrO2. The van der Waals surface area contributed by atoms with Crippen LogP contribution in [0.4, 0.5) is 0 Å². The summed E-state index contributed by atoms with van der Waals surface area (Å²) in [6.45, 7) is 8.59. The SMILES string of the molecule is COc1ccc(Oc2c(C)cc(CCCBr)cc2C)c(C(C)C)c1. The molecular weight excluding hydrogens is 364 g/mol. The molecule has 0 aromatic heterocycles. The fraction of sp³-hybridized carbons (Fsp3) is 0.429. The molecule has 0 heterocycles. The fourth-order valence-electron chi connectivity index (χ4n) is 2.92. The highest BCUT2D eigenvalue weighted by molar-refractivity contribution is 9.09. The van der Waals surface area contributed by atoms with E-state index in [-0.39, 0.29) is 0 Å². The van der Waals surface area contributed by atoms with E-state index >= 15 is 0 Å². The molecule has 0 spiro atoms. The Kier molecular flexibility index (Phi) is 6.73. The third kappa shape index (κ3) is 4.54. The molecule has 3 heteroatoms. The number of hydrogen-bond acceptors (Lipinski definition) is 2. The molecule has 0 aliphatic heterocycles. The zero-order valence-electron chi connectivity index (χ0n) is 15.3. The van der Waals surface area contributed by atoms with Crippen molar-refractivity contribution in [3.63, 3.8) is 0 Å². The van der Waals surface area contributed by atoms with Gasteiger partial charge in [0.1, 0.15) is 17.2 Å². The van der Waals surface area contributed by atoms with Crippen LogP contribution < -0.4 is 9.47 Å². The highest BCUT2D eigenvalue weighted by Crippen LogP contribution is 2.36. The molecule has 2 aromatic rings. The average molecular weight is 391 g/mol. The molecule has 0 aliphatic carbocycles. The minimum Gasteiger partial charge on any atom is -0.497 e. The number of hydrogen-bond donors (Lipinski definition) is 0. The number of halogens is 1. The van der Waals surface area contributed by atoms with Crippen LogP contribution in [-0.2, 0) is 6.42 Å². The van der Waals surface area contributed by atoms with Crippen molar-refractivity contribution in [2.75, 3.05) is 12.4 Å². The summed E-state index contributed by atoms with van der Waals surface area (Å²) in [7, 11) is 1.69. The summed E-state index contributed by atoms with van der Waals surface area (Å²) in [6.07, 6.45) is 2.24. The topological polar surface area (TPSA) is 18.5 Å². The van der Waals surface area contributed by atoms with Crippen molar-refractivity contribution in [3.05, 3.63) is 52.6 Å². The van der Waals surface area contributed by atoms with Gasteiger partial charge in [0.2, 0.25) is 0 Å². The quantitative estimate of drug-likeness (QED) is 0.498. The molecule has 130 valence electrons. The maximum absolute atomic E-state index is 6.33. The van der Waals surface area contributed by atoms with E-state index in [0.717, 1.165) is 41.0 Å². The van der Waals surface area contributed by atoms with Crippen molar-refractivity contribution in [2.24, 2.45) is 0 Å². The Labute approximate surface area is 154 Å². The number of ether oxygens (including phenoxy) is 2. The second kappa shape index (κ2) is 8.57. The number of rotatable bonds is 7. The van der Waals surface area contributed by atoms with Gasteiger partial charge in [-0.25, -0.2) is 0 Å². The first kappa shape index (κ1) is 18.9. The summed E-state index contributed by atoms with van der Waals surface area (Å²) in [5, 5.41) is 1.03. The van der Waals surface area contributed by atoms with Gasteiger partial charge in [-0.1, -0.05) is 41.9 Å². The maximum Gasteiger partial charge on any atom is 0.133 e. The maximum atomic E-state index is 6.33. The van der Waals surface area contributed by atoms with Gasteiger partial charge in [0.15, 0.2) is 0 Å². The van der Waals surface area contributed by atoms with Gasteiger partial charge in [-0.15, -0.1) is 0 Å². The van der Waals surface area contributed by atoms with E-state index < -0.39 is 0 Å². The molecule has 2 rings (SSSR count). The van der Waals surface area contributed by atoms with Crippen LogP contribution in [0, 0.1) is 13.8 Å². The highest BCUT2D eigenvalue weighted by Gasteiger charge is 2.13. The van der Waals surface area contributed by atoms with E-state index in [4.69, 9.17) is 9.47 Å². The molecule has 0 radical (unpaired) electrons. The molecule has 0 unspecified atom stereocenters. The molecule has 2 aromatic carbocycles. The first-order chi connectivity index (χ1) is 11.5. The third-order valence-corrected chi connectivity index (χ3v) is 4.73. The Bertz CT molecular complexity index is 669. The molecule has 0 N–H and O–H groups in total. The lowest BCUT2D eigenvalue weighted by Gasteiger charge is -2.18. The lowest BCUT2D eigenvalue weighted by molar-refractivity contribution is 0.410. The van der Waals surface area contributed by atoms with Gasteiger partial charge < -0.3 is 9.47 Å². The van der Waals surface area contributed by atoms with Gasteiger partial charge in [0.05, 0.1) is 7.11 Å². The Hall–Kier alpha value is -1.48. The third-order valence-electron chi connectivity index (χ3n) is 4.17. The Balaban J connectivity index is 2.34. The molecule has 0 saturated carbocycles. The van der Waals surface area contributed by atoms with Gasteiger partial charge >= 0.3 is 0 Å². The largest absolute Gasteiger partial charge is 0.497 e. The average Bonchev–Trinajstić information content (AvgIpc) is 2.56. The Morgan fingerprint density at radius 2 is 1.71 bits per heavy atom. The van der Waals surface area contributed by atoms with Crippen molar-refractivity contribution in [2.45, 2.75) is 46.5 Å². The summed E-state index contributed by atoms with van der Waals surface area (Å²) < 4.78 is 11.7. The van der Waals surface area contributed by atoms with E-state index in [9.17, 15) is 0 Å². The fourth-order valence-corrected chi connectivity index (χ4v) is 3.20. The lowest BCUT2D eigenvalue weighted by atomic mass is 10.0. The van der Waals surface area contributed by atoms with Crippen LogP contribution in [0.1, 0.15) is 48.4 Å². The van der Waals surface area contributed by atoms with Crippen LogP contribution in [0.15, 0.2) is 30.3 Å². The van der Waals surface area contributed by atoms with E-state index in [0.29, 0.717) is 5.92 Å². The van der Waals surface area contributed by atoms with Crippen molar-refractivity contribution >= 4 is 15.9 Å². The monoisotopic (exact) mass is 390 g/mol. The summed E-state index contributed by atoms with van der Waals surface area (Å²) in [4.78, 5) is 0.